The second-order valence-electron chi connectivity index (χ2n) is 8.01. The van der Waals surface area contributed by atoms with E-state index >= 15 is 0 Å². The number of pyridine rings is 1. The number of nitrogens with zero attached hydrogens (tertiary/aromatic N) is 2. The van der Waals surface area contributed by atoms with Crippen molar-refractivity contribution in [3.05, 3.63) is 89.4 Å². The summed E-state index contributed by atoms with van der Waals surface area (Å²) < 4.78 is 0. The van der Waals surface area contributed by atoms with Crippen LogP contribution in [0.25, 0.3) is 11.3 Å². The summed E-state index contributed by atoms with van der Waals surface area (Å²) >= 11 is 0. The first-order valence-electron chi connectivity index (χ1n) is 10.1. The summed E-state index contributed by atoms with van der Waals surface area (Å²) in [6.07, 6.45) is 10.2. The molecule has 4 nitrogen and oxygen atoms in total. The molecule has 0 saturated carbocycles. The van der Waals surface area contributed by atoms with Crippen LogP contribution in [-0.4, -0.2) is 41.3 Å². The molecular formula is C25H27N3O. The molecule has 0 aliphatic heterocycles. The van der Waals surface area contributed by atoms with Gasteiger partial charge in [0.05, 0.1) is 5.69 Å². The lowest BCUT2D eigenvalue weighted by Gasteiger charge is -2.19. The summed E-state index contributed by atoms with van der Waals surface area (Å²) in [6, 6.07) is 14.4. The average Bonchev–Trinajstić information content (AvgIpc) is 3.08. The van der Waals surface area contributed by atoms with Crippen molar-refractivity contribution >= 4 is 5.78 Å². The van der Waals surface area contributed by atoms with Gasteiger partial charge in [-0.15, -0.1) is 0 Å². The van der Waals surface area contributed by atoms with Crippen LogP contribution in [0.3, 0.4) is 0 Å². The molecule has 0 amide bonds. The van der Waals surface area contributed by atoms with Gasteiger partial charge in [-0.3, -0.25) is 9.78 Å². The zero-order valence-corrected chi connectivity index (χ0v) is 17.1. The molecule has 1 N–H and O–H groups in total. The summed E-state index contributed by atoms with van der Waals surface area (Å²) in [7, 11) is 4.10. The van der Waals surface area contributed by atoms with Crippen LogP contribution < -0.4 is 0 Å². The Morgan fingerprint density at radius 3 is 2.59 bits per heavy atom. The quantitative estimate of drug-likeness (QED) is 0.634. The van der Waals surface area contributed by atoms with Gasteiger partial charge in [0.2, 0.25) is 0 Å². The highest BCUT2D eigenvalue weighted by molar-refractivity contribution is 6.02. The van der Waals surface area contributed by atoms with Gasteiger partial charge in [0.1, 0.15) is 0 Å². The molecule has 0 fully saturated rings. The summed E-state index contributed by atoms with van der Waals surface area (Å²) in [5, 5.41) is 0. The number of benzene rings is 1. The largest absolute Gasteiger partial charge is 0.358 e. The zero-order valence-electron chi connectivity index (χ0n) is 17.1. The van der Waals surface area contributed by atoms with E-state index in [0.29, 0.717) is 6.42 Å². The highest BCUT2D eigenvalue weighted by Crippen LogP contribution is 2.36. The smallest absolute Gasteiger partial charge is 0.165 e. The molecule has 4 heteroatoms. The lowest BCUT2D eigenvalue weighted by Crippen LogP contribution is -2.19. The van der Waals surface area contributed by atoms with Crippen molar-refractivity contribution in [1.29, 1.82) is 0 Å². The summed E-state index contributed by atoms with van der Waals surface area (Å²) in [4.78, 5) is 23.1. The van der Waals surface area contributed by atoms with E-state index in [4.69, 9.17) is 0 Å². The molecule has 0 radical (unpaired) electrons. The third-order valence-electron chi connectivity index (χ3n) is 5.45. The Morgan fingerprint density at radius 2 is 1.86 bits per heavy atom. The Balaban J connectivity index is 1.72. The van der Waals surface area contributed by atoms with Gasteiger partial charge in [0.15, 0.2) is 5.78 Å². The summed E-state index contributed by atoms with van der Waals surface area (Å²) in [6.45, 7) is 0.893. The van der Waals surface area contributed by atoms with E-state index in [1.807, 2.05) is 30.3 Å². The molecule has 1 aromatic carbocycles. The van der Waals surface area contributed by atoms with E-state index < -0.39 is 0 Å². The number of hydrogen-bond donors (Lipinski definition) is 1. The van der Waals surface area contributed by atoms with Gasteiger partial charge in [0, 0.05) is 48.6 Å². The Kier molecular flexibility index (Phi) is 5.72. The maximum Gasteiger partial charge on any atom is 0.165 e. The standard InChI is InChI=1S/C25H27N3O/c1-28(2)14-6-9-19-16-22-24(23(29)17-19)21(15-18-7-4-3-5-8-18)25(27-22)20-10-12-26-13-11-20/h3-13,19,27H,14-17H2,1-2H3. The number of H-pyrrole nitrogens is 1. The molecule has 29 heavy (non-hydrogen) atoms. The molecule has 1 aliphatic carbocycles. The molecule has 1 atom stereocenters. The predicted molar refractivity (Wildman–Crippen MR) is 117 cm³/mol. The van der Waals surface area contributed by atoms with Crippen LogP contribution in [0, 0.1) is 5.92 Å². The van der Waals surface area contributed by atoms with Crippen LogP contribution >= 0.6 is 0 Å². The molecule has 0 spiro atoms. The number of allylic oxidation sites excluding steroid dienone is 1. The average molecular weight is 386 g/mol. The molecule has 0 bridgehead atoms. The normalized spacial score (nSPS) is 16.5. The second kappa shape index (κ2) is 8.58. The molecular weight excluding hydrogens is 358 g/mol. The number of rotatable bonds is 6. The van der Waals surface area contributed by atoms with Crippen molar-refractivity contribution in [2.45, 2.75) is 19.3 Å². The van der Waals surface area contributed by atoms with Crippen molar-refractivity contribution in [3.63, 3.8) is 0 Å². The topological polar surface area (TPSA) is 49.0 Å². The van der Waals surface area contributed by atoms with Crippen LogP contribution in [0.2, 0.25) is 0 Å². The monoisotopic (exact) mass is 385 g/mol. The van der Waals surface area contributed by atoms with E-state index in [0.717, 1.165) is 47.5 Å². The molecule has 148 valence electrons. The molecule has 4 rings (SSSR count). The Morgan fingerprint density at radius 1 is 1.10 bits per heavy atom. The summed E-state index contributed by atoms with van der Waals surface area (Å²) in [5.74, 6) is 0.497. The van der Waals surface area contributed by atoms with E-state index in [-0.39, 0.29) is 11.7 Å². The number of ketones is 1. The van der Waals surface area contributed by atoms with Gasteiger partial charge >= 0.3 is 0 Å². The van der Waals surface area contributed by atoms with Crippen LogP contribution in [-0.2, 0) is 12.8 Å². The highest BCUT2D eigenvalue weighted by atomic mass is 16.1. The van der Waals surface area contributed by atoms with Crippen LogP contribution in [0.5, 0.6) is 0 Å². The number of likely N-dealkylation sites (N-methyl/N-ethyl adjacent to an activating group) is 1. The number of hydrogen-bond acceptors (Lipinski definition) is 3. The van der Waals surface area contributed by atoms with E-state index in [9.17, 15) is 4.79 Å². The van der Waals surface area contributed by atoms with Crippen molar-refractivity contribution < 1.29 is 4.79 Å². The fourth-order valence-electron chi connectivity index (χ4n) is 4.10. The fraction of sp³-hybridized carbons (Fsp3) is 0.280. The Bertz CT molecular complexity index is 1000. The number of fused-ring (bicyclic) bond motifs is 1. The molecule has 1 aliphatic rings. The first kappa shape index (κ1) is 19.3. The Hall–Kier alpha value is -2.98. The van der Waals surface area contributed by atoms with E-state index in [1.165, 1.54) is 5.56 Å². The van der Waals surface area contributed by atoms with Crippen molar-refractivity contribution in [1.82, 2.24) is 14.9 Å². The van der Waals surface area contributed by atoms with E-state index in [2.05, 4.69) is 53.2 Å². The number of aromatic nitrogens is 2. The van der Waals surface area contributed by atoms with Gasteiger partial charge in [-0.1, -0.05) is 42.5 Å². The number of carbonyl (C=O) groups is 1. The van der Waals surface area contributed by atoms with Crippen molar-refractivity contribution in [2.75, 3.05) is 20.6 Å². The van der Waals surface area contributed by atoms with Gasteiger partial charge in [-0.25, -0.2) is 0 Å². The number of aromatic amines is 1. The van der Waals surface area contributed by atoms with Gasteiger partial charge in [0.25, 0.3) is 0 Å². The zero-order chi connectivity index (χ0) is 20.2. The fourth-order valence-corrected chi connectivity index (χ4v) is 4.10. The first-order chi connectivity index (χ1) is 14.1. The van der Waals surface area contributed by atoms with Crippen molar-refractivity contribution in [3.8, 4) is 11.3 Å². The molecule has 0 saturated heterocycles. The third-order valence-corrected chi connectivity index (χ3v) is 5.45. The summed E-state index contributed by atoms with van der Waals surface area (Å²) in [5.41, 5.74) is 6.42. The van der Waals surface area contributed by atoms with Crippen molar-refractivity contribution in [2.24, 2.45) is 5.92 Å². The lowest BCUT2D eigenvalue weighted by molar-refractivity contribution is 0.0958. The highest BCUT2D eigenvalue weighted by Gasteiger charge is 2.30. The lowest BCUT2D eigenvalue weighted by atomic mass is 9.83. The molecule has 3 aromatic rings. The minimum atomic E-state index is 0.244. The number of nitrogens with one attached hydrogen (secondary N) is 1. The maximum absolute atomic E-state index is 13.2. The van der Waals surface area contributed by atoms with E-state index in [1.54, 1.807) is 12.4 Å². The molecule has 2 aromatic heterocycles. The minimum absolute atomic E-state index is 0.244. The third kappa shape index (κ3) is 4.38. The second-order valence-corrected chi connectivity index (χ2v) is 8.01. The van der Waals surface area contributed by atoms with Crippen LogP contribution in [0.4, 0.5) is 0 Å². The number of Topliss-reactive ketones (excluding diaryl/α,β-unsaturated/α-hetero) is 1. The Labute approximate surface area is 172 Å². The van der Waals surface area contributed by atoms with Gasteiger partial charge in [-0.2, -0.15) is 0 Å². The van der Waals surface area contributed by atoms with Crippen LogP contribution in [0.15, 0.2) is 67.0 Å². The minimum Gasteiger partial charge on any atom is -0.358 e. The molecule has 2 heterocycles. The van der Waals surface area contributed by atoms with Gasteiger partial charge < -0.3 is 9.88 Å². The van der Waals surface area contributed by atoms with Gasteiger partial charge in [-0.05, 0) is 49.7 Å². The molecule has 1 unspecified atom stereocenters. The predicted octanol–water partition coefficient (Wildman–Crippen LogP) is 4.53. The van der Waals surface area contributed by atoms with Crippen LogP contribution in [0.1, 0.15) is 33.6 Å². The maximum atomic E-state index is 13.2. The first-order valence-corrected chi connectivity index (χ1v) is 10.1. The number of carbonyl (C=O) groups excluding carboxylic acids is 1. The SMILES string of the molecule is CN(C)CC=CC1CC(=O)c2c([nH]c(-c3ccncc3)c2Cc2ccccc2)C1.